The molecule has 0 spiro atoms. The number of nitriles is 1. The molecule has 10 nitrogen and oxygen atoms in total. The first-order chi connectivity index (χ1) is 21.1. The van der Waals surface area contributed by atoms with E-state index in [0.29, 0.717) is 28.5 Å². The van der Waals surface area contributed by atoms with Crippen LogP contribution >= 0.6 is 11.3 Å². The van der Waals surface area contributed by atoms with Gasteiger partial charge >= 0.3 is 0 Å². The Balaban J connectivity index is 1.48. The predicted molar refractivity (Wildman–Crippen MR) is 178 cm³/mol. The predicted octanol–water partition coefficient (Wildman–Crippen LogP) is 4.91. The lowest BCUT2D eigenvalue weighted by Gasteiger charge is -2.33. The van der Waals surface area contributed by atoms with Crippen LogP contribution in [0.4, 0.5) is 16.6 Å². The third-order valence-electron chi connectivity index (χ3n) is 10.0. The summed E-state index contributed by atoms with van der Waals surface area (Å²) in [5.74, 6) is 3.36. The fourth-order valence-electron chi connectivity index (χ4n) is 7.64. The van der Waals surface area contributed by atoms with Crippen molar-refractivity contribution in [3.63, 3.8) is 0 Å². The van der Waals surface area contributed by atoms with E-state index in [2.05, 4.69) is 73.6 Å². The molecule has 0 radical (unpaired) electrons. The molecule has 2 aliphatic heterocycles. The van der Waals surface area contributed by atoms with E-state index < -0.39 is 5.41 Å². The van der Waals surface area contributed by atoms with Crippen molar-refractivity contribution in [1.82, 2.24) is 24.9 Å². The van der Waals surface area contributed by atoms with Crippen LogP contribution in [0.2, 0.25) is 0 Å². The van der Waals surface area contributed by atoms with Gasteiger partial charge in [0.05, 0.1) is 11.0 Å². The van der Waals surface area contributed by atoms with E-state index in [-0.39, 0.29) is 0 Å². The van der Waals surface area contributed by atoms with E-state index >= 15 is 0 Å². The largest absolute Gasteiger partial charge is 0.389 e. The molecular formula is C33H47N9OS. The Labute approximate surface area is 265 Å². The summed E-state index contributed by atoms with van der Waals surface area (Å²) in [6.07, 6.45) is 6.74. The molecule has 3 aromatic rings. The maximum absolute atomic E-state index is 10.1. The second-order valence-electron chi connectivity index (χ2n) is 13.4. The Morgan fingerprint density at radius 2 is 1.98 bits per heavy atom. The maximum Gasteiger partial charge on any atom is 0.186 e. The van der Waals surface area contributed by atoms with E-state index in [1.807, 2.05) is 0 Å². The third-order valence-corrected chi connectivity index (χ3v) is 11.1. The normalized spacial score (nSPS) is 24.5. The second kappa shape index (κ2) is 12.3. The fourth-order valence-corrected chi connectivity index (χ4v) is 8.84. The lowest BCUT2D eigenvalue weighted by molar-refractivity contribution is 0.307. The van der Waals surface area contributed by atoms with Crippen LogP contribution in [0, 0.1) is 11.3 Å². The van der Waals surface area contributed by atoms with E-state index in [1.54, 1.807) is 11.3 Å². The van der Waals surface area contributed by atoms with Crippen molar-refractivity contribution in [2.24, 2.45) is 0 Å². The van der Waals surface area contributed by atoms with Gasteiger partial charge in [0.2, 0.25) is 0 Å². The Hall–Kier alpha value is -3.20. The Morgan fingerprint density at radius 3 is 2.70 bits per heavy atom. The van der Waals surface area contributed by atoms with Crippen LogP contribution in [0.25, 0.3) is 11.5 Å². The van der Waals surface area contributed by atoms with Gasteiger partial charge in [-0.15, -0.1) is 11.3 Å². The van der Waals surface area contributed by atoms with Crippen LogP contribution in [-0.4, -0.2) is 90.9 Å². The van der Waals surface area contributed by atoms with E-state index in [0.717, 1.165) is 112 Å². The average Bonchev–Trinajstić information content (AvgIpc) is 3.70. The zero-order chi connectivity index (χ0) is 31.2. The molecule has 44 heavy (non-hydrogen) atoms. The standard InChI is InChI=1S/C33H47N9OS/c1-7-10-23-29(38-43-30(23)33(3)13-8-11-25-28(33)24(18-34)31(35)44-25)32-36-26(41-16-12-22(20-41)39(4)5)17-27(37-32)42-15-9-14-40(6)19-21(42)2/h17,21-22H,7-16,19-20,35H2,1-6H3/t21-,22-,33-/m0/s1. The molecule has 3 aliphatic rings. The Kier molecular flexibility index (Phi) is 8.61. The maximum atomic E-state index is 10.1. The number of hydrogen-bond acceptors (Lipinski definition) is 11. The number of aryl methyl sites for hydroxylation is 1. The van der Waals surface area contributed by atoms with Crippen LogP contribution in [0.5, 0.6) is 0 Å². The molecule has 0 aromatic carbocycles. The first-order valence-electron chi connectivity index (χ1n) is 16.2. The zero-order valence-electron chi connectivity index (χ0n) is 27.2. The molecule has 0 unspecified atom stereocenters. The lowest BCUT2D eigenvalue weighted by Crippen LogP contribution is -2.38. The summed E-state index contributed by atoms with van der Waals surface area (Å²) in [7, 11) is 6.52. The van der Waals surface area contributed by atoms with Crippen molar-refractivity contribution in [3.05, 3.63) is 33.4 Å². The topological polar surface area (TPSA) is 115 Å². The number of nitrogens with two attached hydrogens (primary N) is 1. The van der Waals surface area contributed by atoms with Gasteiger partial charge in [-0.05, 0) is 85.6 Å². The first-order valence-corrected chi connectivity index (χ1v) is 17.0. The van der Waals surface area contributed by atoms with Gasteiger partial charge in [-0.1, -0.05) is 18.5 Å². The average molecular weight is 618 g/mol. The summed E-state index contributed by atoms with van der Waals surface area (Å²) in [5, 5.41) is 15.4. The summed E-state index contributed by atoms with van der Waals surface area (Å²) < 4.78 is 6.35. The molecule has 11 heteroatoms. The van der Waals surface area contributed by atoms with Crippen molar-refractivity contribution in [3.8, 4) is 17.6 Å². The minimum atomic E-state index is -0.485. The smallest absolute Gasteiger partial charge is 0.186 e. The summed E-state index contributed by atoms with van der Waals surface area (Å²) in [6, 6.07) is 5.40. The van der Waals surface area contributed by atoms with Gasteiger partial charge in [0.1, 0.15) is 22.7 Å². The monoisotopic (exact) mass is 617 g/mol. The minimum Gasteiger partial charge on any atom is -0.389 e. The van der Waals surface area contributed by atoms with E-state index in [1.165, 1.54) is 4.88 Å². The summed E-state index contributed by atoms with van der Waals surface area (Å²) in [6.45, 7) is 11.6. The van der Waals surface area contributed by atoms with Crippen molar-refractivity contribution < 1.29 is 4.52 Å². The van der Waals surface area contributed by atoms with Gasteiger partial charge in [-0.3, -0.25) is 0 Å². The molecule has 0 saturated carbocycles. The highest BCUT2D eigenvalue weighted by atomic mass is 32.1. The van der Waals surface area contributed by atoms with Crippen LogP contribution < -0.4 is 15.5 Å². The molecule has 0 amide bonds. The highest BCUT2D eigenvalue weighted by Gasteiger charge is 2.44. The molecule has 3 atom stereocenters. The quantitative estimate of drug-likeness (QED) is 0.392. The van der Waals surface area contributed by atoms with E-state index in [9.17, 15) is 5.26 Å². The van der Waals surface area contributed by atoms with Gasteiger partial charge in [0.15, 0.2) is 17.3 Å². The highest BCUT2D eigenvalue weighted by Crippen LogP contribution is 2.50. The second-order valence-corrected chi connectivity index (χ2v) is 14.6. The van der Waals surface area contributed by atoms with Gasteiger partial charge in [0, 0.05) is 54.8 Å². The number of hydrogen-bond donors (Lipinski definition) is 1. The molecule has 3 aromatic heterocycles. The number of nitrogen functional groups attached to an aromatic ring is 1. The SMILES string of the molecule is CCCc1c(-c2nc(N3CC[C@H](N(C)C)C3)cc(N3CCCN(C)C[C@@H]3C)n2)noc1[C@@]1(C)CCCc2sc(N)c(C#N)c21. The fraction of sp³-hybridized carbons (Fsp3) is 0.636. The third kappa shape index (κ3) is 5.46. The number of thiophene rings is 1. The lowest BCUT2D eigenvalue weighted by atomic mass is 9.69. The minimum absolute atomic E-state index is 0.321. The van der Waals surface area contributed by atoms with Crippen molar-refractivity contribution in [2.45, 2.75) is 83.2 Å². The van der Waals surface area contributed by atoms with Crippen LogP contribution in [0.15, 0.2) is 10.6 Å². The van der Waals surface area contributed by atoms with E-state index in [4.69, 9.17) is 25.4 Å². The van der Waals surface area contributed by atoms with Gasteiger partial charge in [-0.2, -0.15) is 5.26 Å². The van der Waals surface area contributed by atoms with Crippen molar-refractivity contribution >= 4 is 28.0 Å². The Bertz CT molecular complexity index is 1540. The van der Waals surface area contributed by atoms with Crippen LogP contribution in [0.3, 0.4) is 0 Å². The molecule has 6 rings (SSSR count). The number of likely N-dealkylation sites (N-methyl/N-ethyl adjacent to an activating group) is 2. The molecule has 2 fully saturated rings. The van der Waals surface area contributed by atoms with Gasteiger partial charge in [0.25, 0.3) is 0 Å². The number of fused-ring (bicyclic) bond motifs is 1. The molecule has 2 N–H and O–H groups in total. The van der Waals surface area contributed by atoms with Crippen molar-refractivity contribution in [2.75, 3.05) is 69.4 Å². The number of aromatic nitrogens is 3. The number of nitrogens with zero attached hydrogens (tertiary/aromatic N) is 8. The van der Waals surface area contributed by atoms with Crippen molar-refractivity contribution in [1.29, 1.82) is 5.26 Å². The van der Waals surface area contributed by atoms with Crippen LogP contribution in [0.1, 0.15) is 80.2 Å². The van der Waals surface area contributed by atoms with Crippen LogP contribution in [-0.2, 0) is 18.3 Å². The van der Waals surface area contributed by atoms with Gasteiger partial charge < -0.3 is 29.9 Å². The summed E-state index contributed by atoms with van der Waals surface area (Å²) >= 11 is 1.55. The summed E-state index contributed by atoms with van der Waals surface area (Å²) in [4.78, 5) is 21.2. The number of rotatable bonds is 7. The zero-order valence-corrected chi connectivity index (χ0v) is 28.0. The molecular weight excluding hydrogens is 570 g/mol. The van der Waals surface area contributed by atoms with Gasteiger partial charge in [-0.25, -0.2) is 9.97 Å². The molecule has 1 aliphatic carbocycles. The molecule has 5 heterocycles. The summed E-state index contributed by atoms with van der Waals surface area (Å²) in [5.41, 5.74) is 9.27. The highest BCUT2D eigenvalue weighted by molar-refractivity contribution is 7.16. The molecule has 0 bridgehead atoms. The number of anilines is 3. The first kappa shape index (κ1) is 30.8. The Morgan fingerprint density at radius 1 is 1.18 bits per heavy atom. The molecule has 2 saturated heterocycles. The molecule has 236 valence electrons.